The number of rotatable bonds is 5. The number of Topliss-reactive ketones (excluding diaryl/α,β-unsaturated/α-hetero) is 1. The van der Waals surface area contributed by atoms with E-state index in [9.17, 15) is 4.79 Å². The van der Waals surface area contributed by atoms with Crippen LogP contribution in [0.4, 0.5) is 0 Å². The third-order valence-electron chi connectivity index (χ3n) is 4.04. The maximum Gasteiger partial charge on any atom is 0.133 e. The minimum absolute atomic E-state index is 0.303. The molecule has 1 fully saturated rings. The van der Waals surface area contributed by atoms with Crippen molar-refractivity contribution in [3.8, 4) is 5.75 Å². The molecule has 0 radical (unpaired) electrons. The largest absolute Gasteiger partial charge is 0.497 e. The number of hydrogen-bond donors (Lipinski definition) is 0. The molecule has 0 aromatic heterocycles. The molecule has 1 aromatic carbocycles. The highest BCUT2D eigenvalue weighted by molar-refractivity contribution is 5.78. The van der Waals surface area contributed by atoms with Crippen molar-refractivity contribution in [1.82, 2.24) is 4.90 Å². The van der Waals surface area contributed by atoms with Gasteiger partial charge in [-0.05, 0) is 57.0 Å². The van der Waals surface area contributed by atoms with Crippen molar-refractivity contribution in [2.24, 2.45) is 5.92 Å². The van der Waals surface area contributed by atoms with Crippen molar-refractivity contribution in [2.75, 3.05) is 26.7 Å². The molecule has 1 aliphatic rings. The minimum Gasteiger partial charge on any atom is -0.497 e. The van der Waals surface area contributed by atoms with Gasteiger partial charge in [0.25, 0.3) is 0 Å². The lowest BCUT2D eigenvalue weighted by molar-refractivity contribution is -0.122. The van der Waals surface area contributed by atoms with Crippen LogP contribution in [0, 0.1) is 5.92 Å². The van der Waals surface area contributed by atoms with Gasteiger partial charge < -0.3 is 9.64 Å². The highest BCUT2D eigenvalue weighted by Crippen LogP contribution is 2.18. The van der Waals surface area contributed by atoms with E-state index in [1.54, 1.807) is 14.0 Å². The lowest BCUT2D eigenvalue weighted by Gasteiger charge is -2.30. The van der Waals surface area contributed by atoms with Gasteiger partial charge in [-0.3, -0.25) is 4.79 Å². The van der Waals surface area contributed by atoms with Crippen molar-refractivity contribution in [1.29, 1.82) is 0 Å². The molecule has 19 heavy (non-hydrogen) atoms. The van der Waals surface area contributed by atoms with E-state index in [0.717, 1.165) is 44.6 Å². The second-order valence-corrected chi connectivity index (χ2v) is 5.32. The smallest absolute Gasteiger partial charge is 0.133 e. The predicted molar refractivity (Wildman–Crippen MR) is 76.5 cm³/mol. The average molecular weight is 261 g/mol. The summed E-state index contributed by atoms with van der Waals surface area (Å²) in [7, 11) is 1.69. The van der Waals surface area contributed by atoms with Gasteiger partial charge in [-0.15, -0.1) is 0 Å². The molecule has 1 aliphatic heterocycles. The molecular weight excluding hydrogens is 238 g/mol. The first kappa shape index (κ1) is 14.1. The van der Waals surface area contributed by atoms with Crippen LogP contribution >= 0.6 is 0 Å². The zero-order valence-corrected chi connectivity index (χ0v) is 11.9. The number of carbonyl (C=O) groups excluding carboxylic acids is 1. The molecule has 0 aliphatic carbocycles. The fourth-order valence-electron chi connectivity index (χ4n) is 2.64. The molecule has 0 unspecified atom stereocenters. The van der Waals surface area contributed by atoms with E-state index >= 15 is 0 Å². The number of methoxy groups -OCH3 is 1. The predicted octanol–water partition coefficient (Wildman–Crippen LogP) is 2.54. The molecular formula is C16H23NO2. The van der Waals surface area contributed by atoms with Gasteiger partial charge in [0.2, 0.25) is 0 Å². The monoisotopic (exact) mass is 261 g/mol. The highest BCUT2D eigenvalue weighted by Gasteiger charge is 2.21. The van der Waals surface area contributed by atoms with Crippen LogP contribution in [0.15, 0.2) is 24.3 Å². The first-order chi connectivity index (χ1) is 9.19. The molecule has 0 amide bonds. The quantitative estimate of drug-likeness (QED) is 0.816. The summed E-state index contributed by atoms with van der Waals surface area (Å²) < 4.78 is 5.16. The number of hydrogen-bond acceptors (Lipinski definition) is 3. The van der Waals surface area contributed by atoms with Gasteiger partial charge in [0.05, 0.1) is 7.11 Å². The van der Waals surface area contributed by atoms with Crippen LogP contribution in [0.2, 0.25) is 0 Å². The van der Waals surface area contributed by atoms with Crippen LogP contribution in [-0.4, -0.2) is 37.4 Å². The lowest BCUT2D eigenvalue weighted by atomic mass is 9.93. The summed E-state index contributed by atoms with van der Waals surface area (Å²) in [6.45, 7) is 4.91. The minimum atomic E-state index is 0.303. The molecule has 3 nitrogen and oxygen atoms in total. The summed E-state index contributed by atoms with van der Waals surface area (Å²) in [5.74, 6) is 1.57. The molecule has 1 saturated heterocycles. The Labute approximate surface area is 115 Å². The van der Waals surface area contributed by atoms with Crippen molar-refractivity contribution in [3.05, 3.63) is 29.8 Å². The second kappa shape index (κ2) is 6.71. The van der Waals surface area contributed by atoms with Crippen LogP contribution in [0.3, 0.4) is 0 Å². The topological polar surface area (TPSA) is 29.5 Å². The van der Waals surface area contributed by atoms with Crippen molar-refractivity contribution < 1.29 is 9.53 Å². The van der Waals surface area contributed by atoms with E-state index in [-0.39, 0.29) is 0 Å². The maximum atomic E-state index is 11.3. The zero-order chi connectivity index (χ0) is 13.7. The number of ketones is 1. The number of piperidine rings is 1. The Bertz CT molecular complexity index is 405. The Balaban J connectivity index is 1.75. The third kappa shape index (κ3) is 4.06. The van der Waals surface area contributed by atoms with E-state index in [1.807, 2.05) is 12.1 Å². The normalized spacial score (nSPS) is 17.4. The Morgan fingerprint density at radius 2 is 1.89 bits per heavy atom. The molecule has 1 aromatic rings. The van der Waals surface area contributed by atoms with Crippen LogP contribution in [0.5, 0.6) is 5.75 Å². The summed E-state index contributed by atoms with van der Waals surface area (Å²) in [6.07, 6.45) is 3.12. The summed E-state index contributed by atoms with van der Waals surface area (Å²) in [6, 6.07) is 8.27. The molecule has 0 N–H and O–H groups in total. The van der Waals surface area contributed by atoms with Crippen molar-refractivity contribution >= 4 is 5.78 Å². The number of ether oxygens (including phenoxy) is 1. The Kier molecular flexibility index (Phi) is 4.97. The summed E-state index contributed by atoms with van der Waals surface area (Å²) >= 11 is 0. The first-order valence-corrected chi connectivity index (χ1v) is 7.05. The maximum absolute atomic E-state index is 11.3. The van der Waals surface area contributed by atoms with Gasteiger partial charge in [-0.25, -0.2) is 0 Å². The highest BCUT2D eigenvalue weighted by atomic mass is 16.5. The third-order valence-corrected chi connectivity index (χ3v) is 4.04. The Hall–Kier alpha value is -1.35. The number of likely N-dealkylation sites (tertiary alicyclic amines) is 1. The molecule has 0 atom stereocenters. The van der Waals surface area contributed by atoms with Gasteiger partial charge in [0, 0.05) is 12.5 Å². The van der Waals surface area contributed by atoms with Gasteiger partial charge in [-0.2, -0.15) is 0 Å². The average Bonchev–Trinajstić information content (AvgIpc) is 2.46. The Morgan fingerprint density at radius 3 is 2.42 bits per heavy atom. The van der Waals surface area contributed by atoms with E-state index in [2.05, 4.69) is 17.0 Å². The van der Waals surface area contributed by atoms with Crippen molar-refractivity contribution in [3.63, 3.8) is 0 Å². The molecule has 1 heterocycles. The number of carbonyl (C=O) groups is 1. The van der Waals surface area contributed by atoms with Crippen molar-refractivity contribution in [2.45, 2.75) is 26.2 Å². The Morgan fingerprint density at radius 1 is 1.26 bits per heavy atom. The molecule has 2 rings (SSSR count). The van der Waals surface area contributed by atoms with Crippen LogP contribution in [-0.2, 0) is 11.2 Å². The van der Waals surface area contributed by atoms with Crippen LogP contribution in [0.1, 0.15) is 25.3 Å². The zero-order valence-electron chi connectivity index (χ0n) is 11.9. The van der Waals surface area contributed by atoms with E-state index in [0.29, 0.717) is 11.7 Å². The summed E-state index contributed by atoms with van der Waals surface area (Å²) in [5, 5.41) is 0. The molecule has 0 saturated carbocycles. The fourth-order valence-corrected chi connectivity index (χ4v) is 2.64. The fraction of sp³-hybridized carbons (Fsp3) is 0.562. The molecule has 0 bridgehead atoms. The van der Waals surface area contributed by atoms with E-state index in [4.69, 9.17) is 4.74 Å². The summed E-state index contributed by atoms with van der Waals surface area (Å²) in [4.78, 5) is 13.8. The summed E-state index contributed by atoms with van der Waals surface area (Å²) in [5.41, 5.74) is 1.34. The van der Waals surface area contributed by atoms with Crippen LogP contribution < -0.4 is 4.74 Å². The van der Waals surface area contributed by atoms with Gasteiger partial charge in [0.1, 0.15) is 11.5 Å². The first-order valence-electron chi connectivity index (χ1n) is 7.05. The molecule has 104 valence electrons. The number of benzene rings is 1. The second-order valence-electron chi connectivity index (χ2n) is 5.32. The SMILES string of the molecule is COc1ccc(CCN2CCC(C(C)=O)CC2)cc1. The standard InChI is InChI=1S/C16H23NO2/c1-13(18)15-8-11-17(12-9-15)10-7-14-3-5-16(19-2)6-4-14/h3-6,15H,7-12H2,1-2H3. The van der Waals surface area contributed by atoms with E-state index in [1.165, 1.54) is 5.56 Å². The van der Waals surface area contributed by atoms with Gasteiger partial charge in [-0.1, -0.05) is 12.1 Å². The molecule has 3 heteroatoms. The van der Waals surface area contributed by atoms with Crippen LogP contribution in [0.25, 0.3) is 0 Å². The lowest BCUT2D eigenvalue weighted by Crippen LogP contribution is -2.36. The van der Waals surface area contributed by atoms with E-state index < -0.39 is 0 Å². The van der Waals surface area contributed by atoms with Gasteiger partial charge >= 0.3 is 0 Å². The number of nitrogens with zero attached hydrogens (tertiary/aromatic N) is 1. The van der Waals surface area contributed by atoms with Gasteiger partial charge in [0.15, 0.2) is 0 Å². The molecule has 0 spiro atoms.